The van der Waals surface area contributed by atoms with E-state index < -0.39 is 0 Å². The zero-order valence-electron chi connectivity index (χ0n) is 9.84. The van der Waals surface area contributed by atoms with Crippen molar-refractivity contribution < 1.29 is 0 Å². The van der Waals surface area contributed by atoms with Crippen molar-refractivity contribution in [3.8, 4) is 0 Å². The normalized spacial score (nSPS) is 10.7. The van der Waals surface area contributed by atoms with Gasteiger partial charge in [0.05, 0.1) is 12.2 Å². The van der Waals surface area contributed by atoms with Gasteiger partial charge in [-0.25, -0.2) is 4.79 Å². The Bertz CT molecular complexity index is 556. The standard InChI is InChI=1S/C12H16N4O/c1-2-15-5-6-16(12(15)17)9-10-3-4-14-11(7-10)8-13/h3-7H,2,8-9,13H2,1H3. The summed E-state index contributed by atoms with van der Waals surface area (Å²) in [6.07, 6.45) is 5.32. The van der Waals surface area contributed by atoms with Crippen molar-refractivity contribution in [1.29, 1.82) is 0 Å². The molecule has 2 aromatic rings. The molecule has 5 heteroatoms. The van der Waals surface area contributed by atoms with Crippen LogP contribution in [0.15, 0.2) is 35.5 Å². The zero-order valence-corrected chi connectivity index (χ0v) is 9.84. The summed E-state index contributed by atoms with van der Waals surface area (Å²) < 4.78 is 3.35. The highest BCUT2D eigenvalue weighted by atomic mass is 16.1. The van der Waals surface area contributed by atoms with Crippen LogP contribution < -0.4 is 11.4 Å². The number of nitrogens with zero attached hydrogens (tertiary/aromatic N) is 3. The minimum atomic E-state index is 0.0126. The number of imidazole rings is 1. The molecule has 90 valence electrons. The number of pyridine rings is 1. The Morgan fingerprint density at radius 2 is 2.12 bits per heavy atom. The third kappa shape index (κ3) is 2.45. The SMILES string of the molecule is CCn1ccn(Cc2ccnc(CN)c2)c1=O. The molecule has 0 spiro atoms. The summed E-state index contributed by atoms with van der Waals surface area (Å²) in [5.41, 5.74) is 7.42. The van der Waals surface area contributed by atoms with E-state index in [-0.39, 0.29) is 5.69 Å². The fourth-order valence-electron chi connectivity index (χ4n) is 1.75. The van der Waals surface area contributed by atoms with E-state index in [0.29, 0.717) is 19.6 Å². The van der Waals surface area contributed by atoms with Crippen molar-refractivity contribution in [2.45, 2.75) is 26.6 Å². The Morgan fingerprint density at radius 1 is 1.35 bits per heavy atom. The lowest BCUT2D eigenvalue weighted by molar-refractivity contribution is 0.667. The molecule has 0 fully saturated rings. The highest BCUT2D eigenvalue weighted by Gasteiger charge is 2.03. The number of nitrogens with two attached hydrogens (primary N) is 1. The third-order valence-corrected chi connectivity index (χ3v) is 2.70. The minimum absolute atomic E-state index is 0.0126. The molecule has 0 bridgehead atoms. The van der Waals surface area contributed by atoms with Crippen LogP contribution in [0, 0.1) is 0 Å². The van der Waals surface area contributed by atoms with Crippen LogP contribution in [0.3, 0.4) is 0 Å². The number of aryl methyl sites for hydroxylation is 1. The Kier molecular flexibility index (Phi) is 3.39. The Morgan fingerprint density at radius 3 is 2.76 bits per heavy atom. The number of aromatic nitrogens is 3. The quantitative estimate of drug-likeness (QED) is 0.838. The molecule has 0 saturated heterocycles. The van der Waals surface area contributed by atoms with Crippen LogP contribution >= 0.6 is 0 Å². The first kappa shape index (κ1) is 11.6. The fourth-order valence-corrected chi connectivity index (χ4v) is 1.75. The van der Waals surface area contributed by atoms with Gasteiger partial charge in [0.1, 0.15) is 0 Å². The molecule has 0 aliphatic rings. The Hall–Kier alpha value is -1.88. The van der Waals surface area contributed by atoms with Crippen molar-refractivity contribution in [3.63, 3.8) is 0 Å². The molecule has 0 unspecified atom stereocenters. The van der Waals surface area contributed by atoms with E-state index >= 15 is 0 Å². The third-order valence-electron chi connectivity index (χ3n) is 2.70. The van der Waals surface area contributed by atoms with Gasteiger partial charge in [0, 0.05) is 31.7 Å². The molecule has 2 heterocycles. The van der Waals surface area contributed by atoms with E-state index in [1.807, 2.05) is 19.1 Å². The van der Waals surface area contributed by atoms with Crippen molar-refractivity contribution in [3.05, 3.63) is 52.5 Å². The molecule has 2 rings (SSSR count). The minimum Gasteiger partial charge on any atom is -0.325 e. The average molecular weight is 232 g/mol. The summed E-state index contributed by atoms with van der Waals surface area (Å²) in [7, 11) is 0. The highest BCUT2D eigenvalue weighted by Crippen LogP contribution is 2.03. The number of hydrogen-bond acceptors (Lipinski definition) is 3. The van der Waals surface area contributed by atoms with Crippen molar-refractivity contribution in [2.75, 3.05) is 0 Å². The first-order valence-electron chi connectivity index (χ1n) is 5.64. The van der Waals surface area contributed by atoms with Crippen LogP contribution in [0.25, 0.3) is 0 Å². The van der Waals surface area contributed by atoms with Gasteiger partial charge in [-0.3, -0.25) is 14.1 Å². The van der Waals surface area contributed by atoms with Gasteiger partial charge in [0.15, 0.2) is 0 Å². The lowest BCUT2D eigenvalue weighted by Crippen LogP contribution is -2.23. The smallest absolute Gasteiger partial charge is 0.325 e. The molecule has 2 aromatic heterocycles. The van der Waals surface area contributed by atoms with E-state index in [2.05, 4.69) is 4.98 Å². The van der Waals surface area contributed by atoms with Crippen molar-refractivity contribution >= 4 is 0 Å². The second-order valence-corrected chi connectivity index (χ2v) is 3.85. The van der Waals surface area contributed by atoms with Crippen LogP contribution in [0.2, 0.25) is 0 Å². The lowest BCUT2D eigenvalue weighted by atomic mass is 10.2. The summed E-state index contributed by atoms with van der Waals surface area (Å²) >= 11 is 0. The van der Waals surface area contributed by atoms with Gasteiger partial charge in [-0.05, 0) is 24.6 Å². The molecule has 0 radical (unpaired) electrons. The van der Waals surface area contributed by atoms with E-state index in [1.54, 1.807) is 27.7 Å². The van der Waals surface area contributed by atoms with Crippen LogP contribution in [0.5, 0.6) is 0 Å². The number of rotatable bonds is 4. The molecule has 0 aromatic carbocycles. The van der Waals surface area contributed by atoms with Crippen LogP contribution in [0.4, 0.5) is 0 Å². The molecule has 0 amide bonds. The summed E-state index contributed by atoms with van der Waals surface area (Å²) in [6.45, 7) is 3.61. The Balaban J connectivity index is 2.25. The summed E-state index contributed by atoms with van der Waals surface area (Å²) in [4.78, 5) is 16.0. The van der Waals surface area contributed by atoms with Crippen molar-refractivity contribution in [1.82, 2.24) is 14.1 Å². The van der Waals surface area contributed by atoms with E-state index in [0.717, 1.165) is 11.3 Å². The maximum Gasteiger partial charge on any atom is 0.328 e. The molecule has 0 aliphatic heterocycles. The van der Waals surface area contributed by atoms with Gasteiger partial charge in [-0.2, -0.15) is 0 Å². The van der Waals surface area contributed by atoms with E-state index in [1.165, 1.54) is 0 Å². The number of hydrogen-bond donors (Lipinski definition) is 1. The highest BCUT2D eigenvalue weighted by molar-refractivity contribution is 5.16. The second-order valence-electron chi connectivity index (χ2n) is 3.85. The van der Waals surface area contributed by atoms with E-state index in [9.17, 15) is 4.79 Å². The average Bonchev–Trinajstić information content (AvgIpc) is 2.71. The molecule has 0 aliphatic carbocycles. The molecule has 2 N–H and O–H groups in total. The fraction of sp³-hybridized carbons (Fsp3) is 0.333. The Labute approximate surface area is 99.5 Å². The molecule has 0 atom stereocenters. The molecular weight excluding hydrogens is 216 g/mol. The maximum absolute atomic E-state index is 11.8. The van der Waals surface area contributed by atoms with E-state index in [4.69, 9.17) is 5.73 Å². The van der Waals surface area contributed by atoms with Gasteiger partial charge in [-0.1, -0.05) is 0 Å². The maximum atomic E-state index is 11.8. The van der Waals surface area contributed by atoms with Crippen LogP contribution in [-0.2, 0) is 19.6 Å². The lowest BCUT2D eigenvalue weighted by Gasteiger charge is -2.03. The van der Waals surface area contributed by atoms with Gasteiger partial charge in [-0.15, -0.1) is 0 Å². The largest absolute Gasteiger partial charge is 0.328 e. The summed E-state index contributed by atoms with van der Waals surface area (Å²) in [5, 5.41) is 0. The first-order chi connectivity index (χ1) is 8.24. The summed E-state index contributed by atoms with van der Waals surface area (Å²) in [6, 6.07) is 3.82. The van der Waals surface area contributed by atoms with Crippen LogP contribution in [-0.4, -0.2) is 14.1 Å². The molecular formula is C12H16N4O. The van der Waals surface area contributed by atoms with Crippen molar-refractivity contribution in [2.24, 2.45) is 5.73 Å². The van der Waals surface area contributed by atoms with Gasteiger partial charge in [0.2, 0.25) is 0 Å². The monoisotopic (exact) mass is 232 g/mol. The topological polar surface area (TPSA) is 65.8 Å². The molecule has 17 heavy (non-hydrogen) atoms. The summed E-state index contributed by atoms with van der Waals surface area (Å²) in [5.74, 6) is 0. The van der Waals surface area contributed by atoms with Crippen LogP contribution in [0.1, 0.15) is 18.2 Å². The molecule has 0 saturated carbocycles. The second kappa shape index (κ2) is 4.97. The molecule has 5 nitrogen and oxygen atoms in total. The van der Waals surface area contributed by atoms with Gasteiger partial charge in [0.25, 0.3) is 0 Å². The predicted octanol–water partition coefficient (Wildman–Crippen LogP) is 0.572. The van der Waals surface area contributed by atoms with Gasteiger partial charge < -0.3 is 5.73 Å². The predicted molar refractivity (Wildman–Crippen MR) is 65.6 cm³/mol. The first-order valence-corrected chi connectivity index (χ1v) is 5.64. The van der Waals surface area contributed by atoms with Gasteiger partial charge >= 0.3 is 5.69 Å². The zero-order chi connectivity index (χ0) is 12.3.